The van der Waals surface area contributed by atoms with Crippen molar-refractivity contribution in [3.05, 3.63) is 71.8 Å². The number of carbonyl (C=O) groups excluding carboxylic acids is 1. The maximum atomic E-state index is 13.1. The monoisotopic (exact) mass is 326 g/mol. The van der Waals surface area contributed by atoms with Gasteiger partial charge >= 0.3 is 5.24 Å². The smallest absolute Gasteiger partial charge is 0.353 e. The lowest BCUT2D eigenvalue weighted by Gasteiger charge is -2.33. The Balaban J connectivity index is 2.05. The minimum atomic E-state index is -0.861. The van der Waals surface area contributed by atoms with Crippen LogP contribution in [0.25, 0.3) is 0 Å². The fourth-order valence-electron chi connectivity index (χ4n) is 3.14. The maximum absolute atomic E-state index is 13.1. The van der Waals surface area contributed by atoms with Crippen LogP contribution in [0.5, 0.6) is 0 Å². The number of Topliss-reactive ketones (excluding diaryl/α,β-unsaturated/α-hetero) is 1. The van der Waals surface area contributed by atoms with Gasteiger partial charge < -0.3 is 9.47 Å². The highest BCUT2D eigenvalue weighted by Gasteiger charge is 2.51. The van der Waals surface area contributed by atoms with Gasteiger partial charge in [0.1, 0.15) is 6.61 Å². The third-order valence-corrected chi connectivity index (χ3v) is 4.48. The van der Waals surface area contributed by atoms with E-state index in [1.54, 1.807) is 0 Å². The highest BCUT2D eigenvalue weighted by Crippen LogP contribution is 2.42. The molecule has 0 N–H and O–H groups in total. The molecule has 1 heterocycles. The Morgan fingerprint density at radius 1 is 1.13 bits per heavy atom. The molecular weight excluding hydrogens is 308 g/mol. The number of benzene rings is 2. The Bertz CT molecular complexity index is 699. The van der Waals surface area contributed by atoms with Crippen molar-refractivity contribution < 1.29 is 14.3 Å². The van der Waals surface area contributed by atoms with Crippen molar-refractivity contribution in [2.45, 2.75) is 18.9 Å². The molecule has 1 fully saturated rings. The zero-order valence-corrected chi connectivity index (χ0v) is 13.7. The van der Waals surface area contributed by atoms with Crippen LogP contribution in [0.3, 0.4) is 0 Å². The quantitative estimate of drug-likeness (QED) is 0.611. The van der Waals surface area contributed by atoms with Crippen molar-refractivity contribution in [3.8, 4) is 0 Å². The van der Waals surface area contributed by atoms with Gasteiger partial charge in [0.15, 0.2) is 11.4 Å². The van der Waals surface area contributed by atoms with Gasteiger partial charge in [-0.05, 0) is 12.0 Å². The summed E-state index contributed by atoms with van der Waals surface area (Å²) in [4.78, 5) is 13.1. The number of ether oxygens (including phenoxy) is 2. The first-order valence-corrected chi connectivity index (χ1v) is 8.09. The summed E-state index contributed by atoms with van der Waals surface area (Å²) in [6, 6.07) is 19.0. The lowest BCUT2D eigenvalue weighted by molar-refractivity contribution is 0.0182. The van der Waals surface area contributed by atoms with E-state index in [1.165, 1.54) is 0 Å². The number of rotatable bonds is 5. The molecule has 1 saturated heterocycles. The fraction of sp³-hybridized carbons (Fsp3) is 0.263. The molecule has 0 aliphatic carbocycles. The van der Waals surface area contributed by atoms with E-state index in [0.29, 0.717) is 12.0 Å². The third-order valence-electron chi connectivity index (χ3n) is 4.28. The SMILES string of the molecule is CC[C@@H](C(=O)c1ccccc1)[C@@]1(c2ccccc2)COC(=S)O1. The highest BCUT2D eigenvalue weighted by molar-refractivity contribution is 7.79. The molecule has 2 aromatic rings. The lowest BCUT2D eigenvalue weighted by atomic mass is 9.76. The standard InChI is InChI=1S/C19H18O3S/c1-2-16(17(20)14-9-5-3-6-10-14)19(13-21-18(23)22-19)15-11-7-4-8-12-15/h3-12,16H,2,13H2,1H3/t16-,19-/m0/s1. The number of thiocarbonyl (C=S) groups is 1. The molecule has 0 saturated carbocycles. The summed E-state index contributed by atoms with van der Waals surface area (Å²) in [6.45, 7) is 2.24. The molecule has 118 valence electrons. The highest BCUT2D eigenvalue weighted by atomic mass is 32.1. The molecule has 3 rings (SSSR count). The predicted octanol–water partition coefficient (Wildman–Crippen LogP) is 4.12. The van der Waals surface area contributed by atoms with Gasteiger partial charge in [-0.15, -0.1) is 0 Å². The van der Waals surface area contributed by atoms with Gasteiger partial charge in [0.05, 0.1) is 5.92 Å². The predicted molar refractivity (Wildman–Crippen MR) is 92.3 cm³/mol. The molecule has 4 heteroatoms. The molecule has 2 aromatic carbocycles. The summed E-state index contributed by atoms with van der Waals surface area (Å²) < 4.78 is 11.4. The van der Waals surface area contributed by atoms with E-state index in [2.05, 4.69) is 0 Å². The summed E-state index contributed by atoms with van der Waals surface area (Å²) in [6.07, 6.45) is 0.634. The number of ketones is 1. The normalized spacial score (nSPS) is 21.3. The Morgan fingerprint density at radius 3 is 2.26 bits per heavy atom. The average Bonchev–Trinajstić information content (AvgIpc) is 3.00. The van der Waals surface area contributed by atoms with Crippen LogP contribution in [0, 0.1) is 5.92 Å². The van der Waals surface area contributed by atoms with Gasteiger partial charge in [-0.1, -0.05) is 67.6 Å². The zero-order valence-electron chi connectivity index (χ0n) is 12.9. The second-order valence-corrected chi connectivity index (χ2v) is 5.92. The van der Waals surface area contributed by atoms with Gasteiger partial charge in [0, 0.05) is 17.8 Å². The molecule has 1 aliphatic heterocycles. The lowest BCUT2D eigenvalue weighted by Crippen LogP contribution is -2.42. The Morgan fingerprint density at radius 2 is 1.74 bits per heavy atom. The minimum absolute atomic E-state index is 0.0465. The fourth-order valence-corrected chi connectivity index (χ4v) is 3.35. The summed E-state index contributed by atoms with van der Waals surface area (Å²) in [5, 5.41) is 0.105. The Labute approximate surface area is 141 Å². The molecule has 0 radical (unpaired) electrons. The molecule has 0 spiro atoms. The second-order valence-electron chi connectivity index (χ2n) is 5.59. The van der Waals surface area contributed by atoms with Crippen LogP contribution < -0.4 is 0 Å². The Kier molecular flexibility index (Phi) is 4.44. The molecule has 1 aliphatic rings. The van der Waals surface area contributed by atoms with Crippen molar-refractivity contribution in [3.63, 3.8) is 0 Å². The van der Waals surface area contributed by atoms with Crippen LogP contribution in [0.15, 0.2) is 60.7 Å². The van der Waals surface area contributed by atoms with E-state index in [1.807, 2.05) is 67.6 Å². The molecule has 0 unspecified atom stereocenters. The molecule has 2 atom stereocenters. The summed E-state index contributed by atoms with van der Waals surface area (Å²) in [7, 11) is 0. The number of carbonyl (C=O) groups is 1. The summed E-state index contributed by atoms with van der Waals surface area (Å²) in [5.74, 6) is -0.321. The summed E-state index contributed by atoms with van der Waals surface area (Å²) >= 11 is 5.08. The van der Waals surface area contributed by atoms with E-state index in [4.69, 9.17) is 21.7 Å². The van der Waals surface area contributed by atoms with Crippen molar-refractivity contribution in [2.75, 3.05) is 6.61 Å². The topological polar surface area (TPSA) is 35.5 Å². The molecule has 0 bridgehead atoms. The first-order valence-electron chi connectivity index (χ1n) is 7.68. The second kappa shape index (κ2) is 6.50. The van der Waals surface area contributed by atoms with Gasteiger partial charge in [0.2, 0.25) is 0 Å². The van der Waals surface area contributed by atoms with Crippen molar-refractivity contribution in [1.29, 1.82) is 0 Å². The molecule has 3 nitrogen and oxygen atoms in total. The first kappa shape index (κ1) is 15.7. The maximum Gasteiger partial charge on any atom is 0.353 e. The van der Waals surface area contributed by atoms with E-state index in [9.17, 15) is 4.79 Å². The van der Waals surface area contributed by atoms with Crippen molar-refractivity contribution in [2.24, 2.45) is 5.92 Å². The van der Waals surface area contributed by atoms with E-state index >= 15 is 0 Å². The van der Waals surface area contributed by atoms with Crippen LogP contribution in [0.2, 0.25) is 0 Å². The van der Waals surface area contributed by atoms with Crippen molar-refractivity contribution in [1.82, 2.24) is 0 Å². The van der Waals surface area contributed by atoms with Crippen LogP contribution in [0.1, 0.15) is 29.3 Å². The average molecular weight is 326 g/mol. The van der Waals surface area contributed by atoms with Crippen LogP contribution >= 0.6 is 12.2 Å². The minimum Gasteiger partial charge on any atom is -0.452 e. The summed E-state index contributed by atoms with van der Waals surface area (Å²) in [5.41, 5.74) is 0.729. The largest absolute Gasteiger partial charge is 0.452 e. The van der Waals surface area contributed by atoms with Gasteiger partial charge in [0.25, 0.3) is 0 Å². The molecule has 23 heavy (non-hydrogen) atoms. The van der Waals surface area contributed by atoms with Gasteiger partial charge in [-0.3, -0.25) is 4.79 Å². The number of hydrogen-bond donors (Lipinski definition) is 0. The van der Waals surface area contributed by atoms with Gasteiger partial charge in [-0.2, -0.15) is 0 Å². The van der Waals surface area contributed by atoms with Crippen molar-refractivity contribution >= 4 is 23.2 Å². The zero-order chi connectivity index (χ0) is 16.3. The molecule has 0 aromatic heterocycles. The van der Waals surface area contributed by atoms with Crippen LogP contribution in [0.4, 0.5) is 0 Å². The number of hydrogen-bond acceptors (Lipinski definition) is 4. The van der Waals surface area contributed by atoms with Crippen LogP contribution in [-0.2, 0) is 15.1 Å². The van der Waals surface area contributed by atoms with Crippen LogP contribution in [-0.4, -0.2) is 17.6 Å². The molecule has 0 amide bonds. The third kappa shape index (κ3) is 2.86. The molecular formula is C19H18O3S. The van der Waals surface area contributed by atoms with E-state index < -0.39 is 5.60 Å². The Hall–Kier alpha value is -2.20. The van der Waals surface area contributed by atoms with Gasteiger partial charge in [-0.25, -0.2) is 0 Å². The first-order chi connectivity index (χ1) is 11.2. The van der Waals surface area contributed by atoms with E-state index in [-0.39, 0.29) is 23.5 Å². The van der Waals surface area contributed by atoms with E-state index in [0.717, 1.165) is 5.56 Å².